The smallest absolute Gasteiger partial charge is 0.450 e. The number of carbonyl (C=O) groups excluding carboxylic acids is 3. The van der Waals surface area contributed by atoms with E-state index >= 15 is 0 Å². The fourth-order valence-electron chi connectivity index (χ4n) is 5.76. The van der Waals surface area contributed by atoms with Crippen LogP contribution in [0.25, 0.3) is 10.8 Å². The highest BCUT2D eigenvalue weighted by Gasteiger charge is 2.44. The summed E-state index contributed by atoms with van der Waals surface area (Å²) in [6.07, 6.45) is -4.64. The van der Waals surface area contributed by atoms with E-state index in [9.17, 15) is 36.0 Å². The molecule has 0 bridgehead atoms. The number of nitrogens with one attached hydrogen (secondary N) is 1. The Morgan fingerprint density at radius 1 is 1.04 bits per heavy atom. The maximum Gasteiger partial charge on any atom is 0.493 e. The third kappa shape index (κ3) is 7.29. The largest absolute Gasteiger partial charge is 0.493 e. The van der Waals surface area contributed by atoms with E-state index < -0.39 is 57.0 Å². The fraction of sp³-hybridized carbons (Fsp3) is 0.294. The molecular weight excluding hydrogens is 679 g/mol. The van der Waals surface area contributed by atoms with Crippen LogP contribution in [-0.2, 0) is 29.0 Å². The van der Waals surface area contributed by atoms with Gasteiger partial charge in [0.25, 0.3) is 0 Å². The van der Waals surface area contributed by atoms with Gasteiger partial charge in [-0.3, -0.25) is 4.79 Å². The second kappa shape index (κ2) is 14.2. The molecule has 1 aliphatic heterocycles. The van der Waals surface area contributed by atoms with Crippen molar-refractivity contribution in [2.75, 3.05) is 29.8 Å². The van der Waals surface area contributed by atoms with E-state index in [0.29, 0.717) is 23.5 Å². The first-order valence-corrected chi connectivity index (χ1v) is 17.0. The maximum absolute atomic E-state index is 14.6. The van der Waals surface area contributed by atoms with E-state index in [1.54, 1.807) is 54.7 Å². The molecule has 1 aromatic heterocycles. The Bertz CT molecular complexity index is 2030. The van der Waals surface area contributed by atoms with Gasteiger partial charge in [-0.2, -0.15) is 13.2 Å². The molecule has 0 saturated carbocycles. The molecule has 1 saturated heterocycles. The van der Waals surface area contributed by atoms with E-state index in [-0.39, 0.29) is 28.5 Å². The highest BCUT2D eigenvalue weighted by molar-refractivity contribution is 7.92. The number of anilines is 3. The van der Waals surface area contributed by atoms with Gasteiger partial charge in [0, 0.05) is 23.8 Å². The minimum absolute atomic E-state index is 0.0114. The monoisotopic (exact) mass is 713 g/mol. The standard InChI is InChI=1S/C34H34F3N5O7S/c1-20(2)50(46,47)28-14-12-24(42(33(45)48-3)49-32(44)34(35,36)37)19-26(28)27-10-7-17-41(27)31(43)29(21-8-5-4-6-9-21)40-23-11-13-25-22(18-23)15-16-39-30(25)38/h4-6,8-9,11-16,18-20,27,29,40H,7,10,17H2,1-3H3,(H2,38,39)/t27-,29+/m1/s1. The Kier molecular flexibility index (Phi) is 10.2. The number of fused-ring (bicyclic) bond motifs is 1. The molecule has 1 aliphatic rings. The fourth-order valence-corrected chi connectivity index (χ4v) is 7.05. The van der Waals surface area contributed by atoms with Crippen LogP contribution in [0.2, 0.25) is 0 Å². The Morgan fingerprint density at radius 3 is 2.42 bits per heavy atom. The zero-order chi connectivity index (χ0) is 36.4. The molecule has 5 rings (SSSR count). The minimum Gasteiger partial charge on any atom is -0.450 e. The topological polar surface area (TPSA) is 161 Å². The van der Waals surface area contributed by atoms with Crippen molar-refractivity contribution in [2.24, 2.45) is 0 Å². The van der Waals surface area contributed by atoms with Gasteiger partial charge >= 0.3 is 18.2 Å². The van der Waals surface area contributed by atoms with Crippen LogP contribution in [0, 0.1) is 0 Å². The lowest BCUT2D eigenvalue weighted by molar-refractivity contribution is -0.200. The number of halogens is 3. The lowest BCUT2D eigenvalue weighted by atomic mass is 10.0. The average molecular weight is 714 g/mol. The molecule has 16 heteroatoms. The van der Waals surface area contributed by atoms with Crippen molar-refractivity contribution >= 4 is 55.8 Å². The van der Waals surface area contributed by atoms with Crippen LogP contribution >= 0.6 is 0 Å². The molecule has 0 radical (unpaired) electrons. The number of sulfone groups is 1. The molecule has 2 atom stereocenters. The van der Waals surface area contributed by atoms with Gasteiger partial charge in [-0.25, -0.2) is 23.0 Å². The van der Waals surface area contributed by atoms with Gasteiger partial charge in [-0.15, -0.1) is 5.06 Å². The maximum atomic E-state index is 14.6. The first-order valence-electron chi connectivity index (χ1n) is 15.4. The van der Waals surface area contributed by atoms with E-state index in [1.807, 2.05) is 6.07 Å². The molecule has 0 spiro atoms. The molecule has 2 heterocycles. The molecule has 4 aromatic rings. The van der Waals surface area contributed by atoms with Gasteiger partial charge in [0.15, 0.2) is 9.84 Å². The second-order valence-corrected chi connectivity index (χ2v) is 14.2. The number of methoxy groups -OCH3 is 1. The molecule has 0 unspecified atom stereocenters. The van der Waals surface area contributed by atoms with Crippen LogP contribution in [0.4, 0.5) is 35.2 Å². The number of ether oxygens (including phenoxy) is 1. The number of aromatic nitrogens is 1. The molecule has 50 heavy (non-hydrogen) atoms. The molecule has 3 N–H and O–H groups in total. The number of benzene rings is 3. The molecular formula is C34H34F3N5O7S. The van der Waals surface area contributed by atoms with Crippen molar-refractivity contribution in [3.05, 3.63) is 90.1 Å². The van der Waals surface area contributed by atoms with Crippen LogP contribution in [0.3, 0.4) is 0 Å². The van der Waals surface area contributed by atoms with Crippen molar-refractivity contribution in [1.29, 1.82) is 0 Å². The lowest BCUT2D eigenvalue weighted by Crippen LogP contribution is -2.39. The molecule has 12 nitrogen and oxygen atoms in total. The number of hydrogen-bond donors (Lipinski definition) is 2. The SMILES string of the molecule is COC(=O)N(OC(=O)C(F)(F)F)c1ccc(S(=O)(=O)C(C)C)c([C@H]2CCCN2C(=O)[C@@H](Nc2ccc3c(N)nccc3c2)c2ccccc2)c1. The summed E-state index contributed by atoms with van der Waals surface area (Å²) in [7, 11) is -3.18. The summed E-state index contributed by atoms with van der Waals surface area (Å²) in [6, 6.07) is 17.4. The minimum atomic E-state index is -5.46. The predicted octanol–water partition coefficient (Wildman–Crippen LogP) is 6.11. The number of pyridine rings is 1. The van der Waals surface area contributed by atoms with Crippen LogP contribution in [0.5, 0.6) is 0 Å². The van der Waals surface area contributed by atoms with E-state index in [2.05, 4.69) is 19.9 Å². The van der Waals surface area contributed by atoms with Crippen LogP contribution < -0.4 is 16.1 Å². The van der Waals surface area contributed by atoms with Crippen molar-refractivity contribution in [3.8, 4) is 0 Å². The number of nitrogens with zero attached hydrogens (tertiary/aromatic N) is 3. The van der Waals surface area contributed by atoms with E-state index in [0.717, 1.165) is 36.1 Å². The quantitative estimate of drug-likeness (QED) is 0.204. The van der Waals surface area contributed by atoms with Gasteiger partial charge in [0.2, 0.25) is 5.91 Å². The summed E-state index contributed by atoms with van der Waals surface area (Å²) in [4.78, 5) is 48.6. The lowest BCUT2D eigenvalue weighted by Gasteiger charge is -2.32. The molecule has 0 aliphatic carbocycles. The number of hydrogen-bond acceptors (Lipinski definition) is 10. The number of hydroxylamine groups is 1. The zero-order valence-electron chi connectivity index (χ0n) is 27.2. The predicted molar refractivity (Wildman–Crippen MR) is 178 cm³/mol. The normalized spacial score (nSPS) is 15.5. The first-order chi connectivity index (χ1) is 23.6. The summed E-state index contributed by atoms with van der Waals surface area (Å²) in [5, 5.41) is 3.87. The number of nitrogen functional groups attached to an aromatic ring is 1. The Labute approximate surface area is 285 Å². The molecule has 1 fully saturated rings. The molecule has 2 amide bonds. The summed E-state index contributed by atoms with van der Waals surface area (Å²) >= 11 is 0. The van der Waals surface area contributed by atoms with Gasteiger partial charge in [0.1, 0.15) is 11.9 Å². The van der Waals surface area contributed by atoms with E-state index in [1.165, 1.54) is 18.7 Å². The average Bonchev–Trinajstić information content (AvgIpc) is 3.58. The molecule has 264 valence electrons. The highest BCUT2D eigenvalue weighted by Crippen LogP contribution is 2.41. The van der Waals surface area contributed by atoms with E-state index in [4.69, 9.17) is 5.73 Å². The number of carbonyl (C=O) groups is 3. The Morgan fingerprint density at radius 2 is 1.76 bits per heavy atom. The Balaban J connectivity index is 1.59. The Hall–Kier alpha value is -5.38. The number of rotatable bonds is 8. The number of alkyl halides is 3. The van der Waals surface area contributed by atoms with Crippen molar-refractivity contribution in [2.45, 2.75) is 55.1 Å². The number of amides is 2. The third-order valence-electron chi connectivity index (χ3n) is 8.28. The second-order valence-electron chi connectivity index (χ2n) is 11.8. The summed E-state index contributed by atoms with van der Waals surface area (Å²) in [5.41, 5.74) is 6.82. The van der Waals surface area contributed by atoms with Crippen molar-refractivity contribution in [1.82, 2.24) is 9.88 Å². The highest BCUT2D eigenvalue weighted by atomic mass is 32.2. The van der Waals surface area contributed by atoms with Crippen LogP contribution in [0.15, 0.2) is 83.9 Å². The van der Waals surface area contributed by atoms with Gasteiger partial charge in [-0.1, -0.05) is 30.3 Å². The summed E-state index contributed by atoms with van der Waals surface area (Å²) < 4.78 is 71.2. The molecule has 3 aromatic carbocycles. The van der Waals surface area contributed by atoms with Crippen molar-refractivity contribution in [3.63, 3.8) is 0 Å². The third-order valence-corrected chi connectivity index (χ3v) is 10.5. The van der Waals surface area contributed by atoms with Crippen LogP contribution in [0.1, 0.15) is 49.9 Å². The van der Waals surface area contributed by atoms with Crippen LogP contribution in [-0.4, -0.2) is 61.4 Å². The summed E-state index contributed by atoms with van der Waals surface area (Å²) in [5.74, 6) is -2.77. The summed E-state index contributed by atoms with van der Waals surface area (Å²) in [6.45, 7) is 3.13. The van der Waals surface area contributed by atoms with Gasteiger partial charge in [0.05, 0.1) is 29.0 Å². The number of nitrogens with two attached hydrogens (primary N) is 1. The first kappa shape index (κ1) is 35.9. The van der Waals surface area contributed by atoms with Gasteiger partial charge in [-0.05, 0) is 85.7 Å². The van der Waals surface area contributed by atoms with Gasteiger partial charge < -0.3 is 25.5 Å². The zero-order valence-corrected chi connectivity index (χ0v) is 28.0. The number of likely N-dealkylation sites (tertiary alicyclic amines) is 1. The van der Waals surface area contributed by atoms with Crippen molar-refractivity contribution < 1.29 is 45.5 Å².